The van der Waals surface area contributed by atoms with Crippen molar-refractivity contribution in [2.24, 2.45) is 0 Å². The normalized spacial score (nSPS) is 15.2. The van der Waals surface area contributed by atoms with E-state index in [2.05, 4.69) is 10.6 Å². The summed E-state index contributed by atoms with van der Waals surface area (Å²) in [5.74, 6) is 1.16. The molecule has 2 N–H and O–H groups in total. The van der Waals surface area contributed by atoms with Gasteiger partial charge in [0, 0.05) is 17.9 Å². The maximum absolute atomic E-state index is 12.4. The van der Waals surface area contributed by atoms with Crippen LogP contribution >= 0.6 is 11.8 Å². The zero-order valence-electron chi connectivity index (χ0n) is 15.9. The standard InChI is InChI=1S/C20H22N2O5S/c1-25-14-8-12(9-15(26-2)19(14)27-3)11-21-18(23)10-17-20(24)22-13-6-4-5-7-16(13)28-17/h4-9,17H,10-11H2,1-3H3,(H,21,23)(H,22,24). The highest BCUT2D eigenvalue weighted by atomic mass is 32.2. The van der Waals surface area contributed by atoms with E-state index in [1.54, 1.807) is 12.1 Å². The first-order valence-corrected chi connectivity index (χ1v) is 9.55. The monoisotopic (exact) mass is 402 g/mol. The van der Waals surface area contributed by atoms with Crippen LogP contribution in [0.1, 0.15) is 12.0 Å². The second kappa shape index (κ2) is 8.88. The third kappa shape index (κ3) is 4.33. The number of benzene rings is 2. The Kier molecular flexibility index (Phi) is 6.30. The lowest BCUT2D eigenvalue weighted by molar-refractivity contribution is -0.124. The summed E-state index contributed by atoms with van der Waals surface area (Å²) in [6.45, 7) is 0.283. The molecule has 28 heavy (non-hydrogen) atoms. The fourth-order valence-electron chi connectivity index (χ4n) is 2.91. The summed E-state index contributed by atoms with van der Waals surface area (Å²) in [7, 11) is 4.61. The number of methoxy groups -OCH3 is 3. The summed E-state index contributed by atoms with van der Waals surface area (Å²) in [5.41, 5.74) is 1.58. The lowest BCUT2D eigenvalue weighted by atomic mass is 10.1. The Morgan fingerprint density at radius 3 is 2.43 bits per heavy atom. The fraction of sp³-hybridized carbons (Fsp3) is 0.300. The summed E-state index contributed by atoms with van der Waals surface area (Å²) in [6.07, 6.45) is 0.0925. The highest BCUT2D eigenvalue weighted by Gasteiger charge is 2.28. The molecule has 0 spiro atoms. The zero-order valence-corrected chi connectivity index (χ0v) is 16.7. The van der Waals surface area contributed by atoms with Crippen molar-refractivity contribution in [3.8, 4) is 17.2 Å². The Bertz CT molecular complexity index is 862. The number of anilines is 1. The van der Waals surface area contributed by atoms with Crippen LogP contribution in [0.3, 0.4) is 0 Å². The Morgan fingerprint density at radius 1 is 1.11 bits per heavy atom. The molecule has 1 aliphatic heterocycles. The minimum atomic E-state index is -0.463. The number of amides is 2. The molecule has 0 saturated heterocycles. The van der Waals surface area contributed by atoms with Gasteiger partial charge in [-0.3, -0.25) is 9.59 Å². The Labute approximate surface area is 167 Å². The first-order valence-electron chi connectivity index (χ1n) is 8.67. The van der Waals surface area contributed by atoms with Crippen LogP contribution in [0.25, 0.3) is 0 Å². The van der Waals surface area contributed by atoms with Crippen molar-refractivity contribution in [1.29, 1.82) is 0 Å². The lowest BCUT2D eigenvalue weighted by Crippen LogP contribution is -2.34. The molecule has 2 amide bonds. The van der Waals surface area contributed by atoms with Gasteiger partial charge >= 0.3 is 0 Å². The van der Waals surface area contributed by atoms with Crippen molar-refractivity contribution in [3.05, 3.63) is 42.0 Å². The summed E-state index contributed by atoms with van der Waals surface area (Å²) in [6, 6.07) is 11.1. The highest BCUT2D eigenvalue weighted by molar-refractivity contribution is 8.01. The molecule has 8 heteroatoms. The number of hydrogen-bond acceptors (Lipinski definition) is 6. The van der Waals surface area contributed by atoms with Gasteiger partial charge in [-0.2, -0.15) is 0 Å². The second-order valence-electron chi connectivity index (χ2n) is 6.11. The van der Waals surface area contributed by atoms with Gasteiger partial charge in [-0.15, -0.1) is 11.8 Å². The predicted octanol–water partition coefficient (Wildman–Crippen LogP) is 2.83. The van der Waals surface area contributed by atoms with E-state index in [0.29, 0.717) is 17.2 Å². The third-order valence-corrected chi connectivity index (χ3v) is 5.57. The van der Waals surface area contributed by atoms with Crippen molar-refractivity contribution in [3.63, 3.8) is 0 Å². The molecule has 1 aliphatic rings. The number of nitrogens with one attached hydrogen (secondary N) is 2. The zero-order chi connectivity index (χ0) is 20.1. The van der Waals surface area contributed by atoms with Gasteiger partial charge in [0.1, 0.15) is 0 Å². The van der Waals surface area contributed by atoms with Gasteiger partial charge in [0.15, 0.2) is 11.5 Å². The van der Waals surface area contributed by atoms with Crippen LogP contribution in [0.5, 0.6) is 17.2 Å². The molecule has 0 saturated carbocycles. The molecule has 1 heterocycles. The maximum atomic E-state index is 12.4. The van der Waals surface area contributed by atoms with E-state index in [1.165, 1.54) is 33.1 Å². The molecule has 0 aliphatic carbocycles. The van der Waals surface area contributed by atoms with Crippen LogP contribution in [-0.4, -0.2) is 38.4 Å². The molecular weight excluding hydrogens is 380 g/mol. The number of ether oxygens (including phenoxy) is 3. The van der Waals surface area contributed by atoms with E-state index in [0.717, 1.165) is 16.1 Å². The topological polar surface area (TPSA) is 85.9 Å². The molecule has 2 aromatic rings. The summed E-state index contributed by atoms with van der Waals surface area (Å²) in [4.78, 5) is 25.6. The van der Waals surface area contributed by atoms with Crippen LogP contribution in [0, 0.1) is 0 Å². The van der Waals surface area contributed by atoms with Crippen LogP contribution in [0.15, 0.2) is 41.3 Å². The van der Waals surface area contributed by atoms with Gasteiger partial charge < -0.3 is 24.8 Å². The van der Waals surface area contributed by atoms with Gasteiger partial charge in [0.25, 0.3) is 0 Å². The number of rotatable bonds is 7. The van der Waals surface area contributed by atoms with Crippen molar-refractivity contribution in [2.45, 2.75) is 23.1 Å². The number of para-hydroxylation sites is 1. The number of hydrogen-bond donors (Lipinski definition) is 2. The molecule has 2 aromatic carbocycles. The van der Waals surface area contributed by atoms with Crippen LogP contribution < -0.4 is 24.8 Å². The Balaban J connectivity index is 1.63. The predicted molar refractivity (Wildman–Crippen MR) is 107 cm³/mol. The van der Waals surface area contributed by atoms with Gasteiger partial charge in [-0.05, 0) is 29.8 Å². The van der Waals surface area contributed by atoms with E-state index in [1.807, 2.05) is 24.3 Å². The van der Waals surface area contributed by atoms with Gasteiger partial charge in [0.2, 0.25) is 17.6 Å². The third-order valence-electron chi connectivity index (χ3n) is 4.29. The molecule has 0 fully saturated rings. The fourth-order valence-corrected chi connectivity index (χ4v) is 4.02. The molecule has 0 bridgehead atoms. The largest absolute Gasteiger partial charge is 0.493 e. The van der Waals surface area contributed by atoms with Crippen LogP contribution in [0.4, 0.5) is 5.69 Å². The Hall–Kier alpha value is -2.87. The quantitative estimate of drug-likeness (QED) is 0.741. The number of thioether (sulfide) groups is 1. The molecule has 148 valence electrons. The second-order valence-corrected chi connectivity index (χ2v) is 7.35. The van der Waals surface area contributed by atoms with Gasteiger partial charge in [-0.25, -0.2) is 0 Å². The molecule has 1 atom stereocenters. The number of fused-ring (bicyclic) bond motifs is 1. The van der Waals surface area contributed by atoms with E-state index < -0.39 is 5.25 Å². The molecule has 0 radical (unpaired) electrons. The molecular formula is C20H22N2O5S. The minimum Gasteiger partial charge on any atom is -0.493 e. The minimum absolute atomic E-state index is 0.0925. The van der Waals surface area contributed by atoms with Crippen molar-refractivity contribution < 1.29 is 23.8 Å². The SMILES string of the molecule is COc1cc(CNC(=O)CC2Sc3ccccc3NC2=O)cc(OC)c1OC. The average molecular weight is 402 g/mol. The van der Waals surface area contributed by atoms with Gasteiger partial charge in [0.05, 0.1) is 32.3 Å². The van der Waals surface area contributed by atoms with E-state index in [4.69, 9.17) is 14.2 Å². The van der Waals surface area contributed by atoms with Crippen LogP contribution in [0.2, 0.25) is 0 Å². The van der Waals surface area contributed by atoms with Gasteiger partial charge in [-0.1, -0.05) is 12.1 Å². The Morgan fingerprint density at radius 2 is 1.79 bits per heavy atom. The maximum Gasteiger partial charge on any atom is 0.238 e. The molecule has 3 rings (SSSR count). The number of carbonyl (C=O) groups excluding carboxylic acids is 2. The highest BCUT2D eigenvalue weighted by Crippen LogP contribution is 2.38. The van der Waals surface area contributed by atoms with Crippen molar-refractivity contribution >= 4 is 29.3 Å². The summed E-state index contributed by atoms with van der Waals surface area (Å²) < 4.78 is 15.9. The first-order chi connectivity index (χ1) is 13.5. The van der Waals surface area contributed by atoms with E-state index in [-0.39, 0.29) is 24.8 Å². The molecule has 7 nitrogen and oxygen atoms in total. The summed E-state index contributed by atoms with van der Waals surface area (Å²) in [5, 5.41) is 5.23. The summed E-state index contributed by atoms with van der Waals surface area (Å²) >= 11 is 1.40. The van der Waals surface area contributed by atoms with Crippen molar-refractivity contribution in [2.75, 3.05) is 26.6 Å². The smallest absolute Gasteiger partial charge is 0.238 e. The number of carbonyl (C=O) groups is 2. The molecule has 0 aromatic heterocycles. The van der Waals surface area contributed by atoms with E-state index in [9.17, 15) is 9.59 Å². The first kappa shape index (κ1) is 19.9. The van der Waals surface area contributed by atoms with E-state index >= 15 is 0 Å². The average Bonchev–Trinajstić information content (AvgIpc) is 2.71. The lowest BCUT2D eigenvalue weighted by Gasteiger charge is -2.23. The molecule has 1 unspecified atom stereocenters. The van der Waals surface area contributed by atoms with Crippen molar-refractivity contribution in [1.82, 2.24) is 5.32 Å². The van der Waals surface area contributed by atoms with Crippen LogP contribution in [-0.2, 0) is 16.1 Å².